The number of benzene rings is 2. The van der Waals surface area contributed by atoms with Crippen LogP contribution in [0.4, 0.5) is 0 Å². The second kappa shape index (κ2) is 10.3. The van der Waals surface area contributed by atoms with Gasteiger partial charge >= 0.3 is 0 Å². The Labute approximate surface area is 183 Å². The number of methoxy groups -OCH3 is 1. The minimum absolute atomic E-state index is 0.134. The normalized spacial score (nSPS) is 17.5. The van der Waals surface area contributed by atoms with E-state index < -0.39 is 10.0 Å². The molecule has 3 rings (SSSR count). The summed E-state index contributed by atoms with van der Waals surface area (Å²) in [5, 5.41) is 3.59. The second-order valence-corrected chi connectivity index (χ2v) is 9.70. The summed E-state index contributed by atoms with van der Waals surface area (Å²) in [5.41, 5.74) is 1.08. The molecule has 2 aromatic rings. The lowest BCUT2D eigenvalue weighted by Crippen LogP contribution is -2.46. The number of nitrogens with one attached hydrogen (secondary N) is 1. The molecule has 2 aromatic carbocycles. The SMILES string of the molecule is COc1ccc(S(=O)(=O)N2CCCC[C@H]2CC(=O)NCCc2ccc(Cl)cc2)cc1. The van der Waals surface area contributed by atoms with E-state index in [0.29, 0.717) is 36.7 Å². The van der Waals surface area contributed by atoms with Crippen LogP contribution in [0, 0.1) is 0 Å². The van der Waals surface area contributed by atoms with E-state index in [-0.39, 0.29) is 23.3 Å². The molecule has 1 fully saturated rings. The summed E-state index contributed by atoms with van der Waals surface area (Å²) in [6.45, 7) is 0.926. The maximum absolute atomic E-state index is 13.1. The van der Waals surface area contributed by atoms with E-state index in [9.17, 15) is 13.2 Å². The van der Waals surface area contributed by atoms with Crippen molar-refractivity contribution in [3.05, 3.63) is 59.1 Å². The third kappa shape index (κ3) is 5.74. The zero-order valence-corrected chi connectivity index (χ0v) is 18.6. The van der Waals surface area contributed by atoms with Gasteiger partial charge in [0.05, 0.1) is 12.0 Å². The van der Waals surface area contributed by atoms with E-state index >= 15 is 0 Å². The smallest absolute Gasteiger partial charge is 0.243 e. The Balaban J connectivity index is 1.60. The molecule has 1 atom stereocenters. The van der Waals surface area contributed by atoms with Crippen molar-refractivity contribution in [1.82, 2.24) is 9.62 Å². The molecule has 0 aliphatic carbocycles. The minimum atomic E-state index is -3.66. The highest BCUT2D eigenvalue weighted by Gasteiger charge is 2.34. The van der Waals surface area contributed by atoms with Gasteiger partial charge < -0.3 is 10.1 Å². The maximum Gasteiger partial charge on any atom is 0.243 e. The predicted octanol–water partition coefficient (Wildman–Crippen LogP) is 3.64. The van der Waals surface area contributed by atoms with Crippen molar-refractivity contribution in [1.29, 1.82) is 0 Å². The standard InChI is InChI=1S/C22H27ClN2O4S/c1-29-20-9-11-21(12-10-20)30(27,28)25-15-3-2-4-19(25)16-22(26)24-14-13-17-5-7-18(23)8-6-17/h5-12,19H,2-4,13-16H2,1H3,(H,24,26)/t19-/m0/s1. The molecule has 1 amide bonds. The van der Waals surface area contributed by atoms with Crippen molar-refractivity contribution in [3.8, 4) is 5.75 Å². The molecule has 8 heteroatoms. The number of rotatable bonds is 8. The fraction of sp³-hybridized carbons (Fsp3) is 0.409. The molecule has 1 saturated heterocycles. The van der Waals surface area contributed by atoms with Gasteiger partial charge in [-0.25, -0.2) is 8.42 Å². The van der Waals surface area contributed by atoms with E-state index in [4.69, 9.17) is 16.3 Å². The molecule has 0 bridgehead atoms. The van der Waals surface area contributed by atoms with Crippen molar-refractivity contribution in [2.75, 3.05) is 20.2 Å². The van der Waals surface area contributed by atoms with Gasteiger partial charge in [0.2, 0.25) is 15.9 Å². The fourth-order valence-electron chi connectivity index (χ4n) is 3.66. The molecule has 1 aliphatic rings. The topological polar surface area (TPSA) is 75.7 Å². The number of hydrogen-bond donors (Lipinski definition) is 1. The van der Waals surface area contributed by atoms with E-state index in [1.165, 1.54) is 11.4 Å². The monoisotopic (exact) mass is 450 g/mol. The molecular weight excluding hydrogens is 424 g/mol. The van der Waals surface area contributed by atoms with Crippen LogP contribution < -0.4 is 10.1 Å². The summed E-state index contributed by atoms with van der Waals surface area (Å²) in [6, 6.07) is 13.5. The Morgan fingerprint density at radius 1 is 1.13 bits per heavy atom. The quantitative estimate of drug-likeness (QED) is 0.666. The van der Waals surface area contributed by atoms with Crippen LogP contribution in [0.5, 0.6) is 5.75 Å². The van der Waals surface area contributed by atoms with Crippen LogP contribution >= 0.6 is 11.6 Å². The van der Waals surface area contributed by atoms with Crippen LogP contribution in [0.1, 0.15) is 31.2 Å². The van der Waals surface area contributed by atoms with Gasteiger partial charge in [0.15, 0.2) is 0 Å². The van der Waals surface area contributed by atoms with Crippen LogP contribution in [0.15, 0.2) is 53.4 Å². The summed E-state index contributed by atoms with van der Waals surface area (Å²) >= 11 is 5.88. The van der Waals surface area contributed by atoms with Crippen molar-refractivity contribution in [2.45, 2.75) is 43.0 Å². The number of sulfonamides is 1. The summed E-state index contributed by atoms with van der Waals surface area (Å²) < 4.78 is 32.9. The number of hydrogen-bond acceptors (Lipinski definition) is 4. The van der Waals surface area contributed by atoms with Crippen molar-refractivity contribution >= 4 is 27.5 Å². The first-order valence-corrected chi connectivity index (χ1v) is 11.9. The summed E-state index contributed by atoms with van der Waals surface area (Å²) in [4.78, 5) is 12.7. The Kier molecular flexibility index (Phi) is 7.75. The Morgan fingerprint density at radius 2 is 1.83 bits per heavy atom. The molecule has 1 aliphatic heterocycles. The van der Waals surface area contributed by atoms with Gasteiger partial charge in [0, 0.05) is 30.6 Å². The highest BCUT2D eigenvalue weighted by atomic mass is 35.5. The van der Waals surface area contributed by atoms with Crippen molar-refractivity contribution < 1.29 is 17.9 Å². The average Bonchev–Trinajstić information content (AvgIpc) is 2.75. The van der Waals surface area contributed by atoms with Crippen LogP contribution in [0.25, 0.3) is 0 Å². The van der Waals surface area contributed by atoms with Gasteiger partial charge in [-0.2, -0.15) is 4.31 Å². The van der Waals surface area contributed by atoms with Crippen LogP contribution in [-0.4, -0.2) is 44.9 Å². The number of piperidine rings is 1. The lowest BCUT2D eigenvalue weighted by Gasteiger charge is -2.34. The summed E-state index contributed by atoms with van der Waals surface area (Å²) in [6.07, 6.45) is 3.25. The number of nitrogens with zero attached hydrogens (tertiary/aromatic N) is 1. The largest absolute Gasteiger partial charge is 0.497 e. The van der Waals surface area contributed by atoms with E-state index in [2.05, 4.69) is 5.32 Å². The van der Waals surface area contributed by atoms with Gasteiger partial charge in [-0.15, -0.1) is 0 Å². The maximum atomic E-state index is 13.1. The number of amides is 1. The zero-order valence-electron chi connectivity index (χ0n) is 17.0. The lowest BCUT2D eigenvalue weighted by molar-refractivity contribution is -0.122. The Bertz CT molecular complexity index is 946. The van der Waals surface area contributed by atoms with Crippen LogP contribution in [-0.2, 0) is 21.2 Å². The zero-order chi connectivity index (χ0) is 21.6. The molecular formula is C22H27ClN2O4S. The average molecular weight is 451 g/mol. The molecule has 162 valence electrons. The van der Waals surface area contributed by atoms with E-state index in [1.807, 2.05) is 24.3 Å². The van der Waals surface area contributed by atoms with E-state index in [1.54, 1.807) is 24.3 Å². The van der Waals surface area contributed by atoms with Gasteiger partial charge in [-0.3, -0.25) is 4.79 Å². The summed E-state index contributed by atoms with van der Waals surface area (Å²) in [7, 11) is -2.13. The van der Waals surface area contributed by atoms with Crippen molar-refractivity contribution in [3.63, 3.8) is 0 Å². The first-order valence-electron chi connectivity index (χ1n) is 10.1. The van der Waals surface area contributed by atoms with Gasteiger partial charge in [0.25, 0.3) is 0 Å². The molecule has 0 saturated carbocycles. The van der Waals surface area contributed by atoms with Crippen LogP contribution in [0.2, 0.25) is 5.02 Å². The predicted molar refractivity (Wildman–Crippen MR) is 117 cm³/mol. The molecule has 1 N–H and O–H groups in total. The van der Waals surface area contributed by atoms with E-state index in [0.717, 1.165) is 18.4 Å². The first-order chi connectivity index (χ1) is 14.4. The molecule has 0 spiro atoms. The number of carbonyl (C=O) groups is 1. The minimum Gasteiger partial charge on any atom is -0.497 e. The van der Waals surface area contributed by atoms with Crippen molar-refractivity contribution in [2.24, 2.45) is 0 Å². The van der Waals surface area contributed by atoms with Gasteiger partial charge in [-0.05, 0) is 61.2 Å². The Hall–Kier alpha value is -2.09. The highest BCUT2D eigenvalue weighted by Crippen LogP contribution is 2.28. The number of ether oxygens (including phenoxy) is 1. The number of carbonyl (C=O) groups excluding carboxylic acids is 1. The Morgan fingerprint density at radius 3 is 2.50 bits per heavy atom. The number of halogens is 1. The third-order valence-corrected chi connectivity index (χ3v) is 7.53. The van der Waals surface area contributed by atoms with Gasteiger partial charge in [0.1, 0.15) is 5.75 Å². The molecule has 0 radical (unpaired) electrons. The highest BCUT2D eigenvalue weighted by molar-refractivity contribution is 7.89. The molecule has 1 heterocycles. The molecule has 30 heavy (non-hydrogen) atoms. The second-order valence-electron chi connectivity index (χ2n) is 7.37. The summed E-state index contributed by atoms with van der Waals surface area (Å²) in [5.74, 6) is 0.468. The van der Waals surface area contributed by atoms with Gasteiger partial charge in [-0.1, -0.05) is 30.2 Å². The molecule has 0 unspecified atom stereocenters. The lowest BCUT2D eigenvalue weighted by atomic mass is 10.0. The first kappa shape index (κ1) is 22.6. The van der Waals surface area contributed by atoms with Crippen LogP contribution in [0.3, 0.4) is 0 Å². The molecule has 0 aromatic heterocycles. The fourth-order valence-corrected chi connectivity index (χ4v) is 5.48. The third-order valence-electron chi connectivity index (χ3n) is 5.31. The molecule has 6 nitrogen and oxygen atoms in total.